The molecule has 0 radical (unpaired) electrons. The van der Waals surface area contributed by atoms with E-state index >= 15 is 0 Å². The molecule has 2 fully saturated rings. The van der Waals surface area contributed by atoms with E-state index in [4.69, 9.17) is 4.74 Å². The van der Waals surface area contributed by atoms with Crippen LogP contribution < -0.4 is 5.32 Å². The maximum absolute atomic E-state index is 13.7. The van der Waals surface area contributed by atoms with Gasteiger partial charge < -0.3 is 15.2 Å². The lowest BCUT2D eigenvalue weighted by atomic mass is 9.85. The van der Waals surface area contributed by atoms with Crippen LogP contribution in [0.15, 0.2) is 18.2 Å². The minimum absolute atomic E-state index is 0. The molecule has 0 spiro atoms. The van der Waals surface area contributed by atoms with E-state index in [9.17, 15) is 9.50 Å². The number of nitrogens with one attached hydrogen (secondary N) is 1. The maximum atomic E-state index is 13.7. The highest BCUT2D eigenvalue weighted by molar-refractivity contribution is 5.85. The van der Waals surface area contributed by atoms with Gasteiger partial charge in [-0.15, -0.1) is 24.8 Å². The fraction of sp³-hybridized carbons (Fsp3) is 0.625. The molecule has 3 rings (SSSR count). The summed E-state index contributed by atoms with van der Waals surface area (Å²) in [5.74, 6) is 0.325. The average Bonchev–Trinajstić information content (AvgIpc) is 2.53. The van der Waals surface area contributed by atoms with Gasteiger partial charge >= 0.3 is 0 Å². The molecular formula is C16H25Cl2FN2O2. The fourth-order valence-corrected chi connectivity index (χ4v) is 3.50. The highest BCUT2D eigenvalue weighted by atomic mass is 35.5. The zero-order valence-electron chi connectivity index (χ0n) is 13.0. The highest BCUT2D eigenvalue weighted by Gasteiger charge is 2.33. The van der Waals surface area contributed by atoms with Gasteiger partial charge in [-0.2, -0.15) is 0 Å². The summed E-state index contributed by atoms with van der Waals surface area (Å²) in [6.07, 6.45) is 1.93. The van der Waals surface area contributed by atoms with E-state index in [1.54, 1.807) is 0 Å². The predicted molar refractivity (Wildman–Crippen MR) is 93.3 cm³/mol. The molecule has 0 aliphatic carbocycles. The van der Waals surface area contributed by atoms with Crippen molar-refractivity contribution in [1.82, 2.24) is 10.2 Å². The summed E-state index contributed by atoms with van der Waals surface area (Å²) >= 11 is 0. The Labute approximate surface area is 149 Å². The number of halogens is 3. The van der Waals surface area contributed by atoms with Gasteiger partial charge in [0.15, 0.2) is 0 Å². The standard InChI is InChI=1S/C16H23FN2O2.2ClH/c17-13-1-2-15(20)14(11-13)16(12-3-9-21-10-4-12)19-7-5-18-6-8-19;;/h1-2,11-12,16,18,20H,3-10H2;2*1H/t16-;;/m0../s1. The van der Waals surface area contributed by atoms with E-state index in [2.05, 4.69) is 10.2 Å². The first-order valence-corrected chi connectivity index (χ1v) is 7.76. The highest BCUT2D eigenvalue weighted by Crippen LogP contribution is 2.39. The molecule has 1 aromatic carbocycles. The van der Waals surface area contributed by atoms with Crippen LogP contribution in [0.3, 0.4) is 0 Å². The quantitative estimate of drug-likeness (QED) is 0.863. The zero-order chi connectivity index (χ0) is 14.7. The molecule has 0 aromatic heterocycles. The number of phenols is 1. The summed E-state index contributed by atoms with van der Waals surface area (Å²) in [5, 5.41) is 13.6. The van der Waals surface area contributed by atoms with Crippen molar-refractivity contribution in [3.8, 4) is 5.75 Å². The van der Waals surface area contributed by atoms with Crippen molar-refractivity contribution in [2.24, 2.45) is 5.92 Å². The summed E-state index contributed by atoms with van der Waals surface area (Å²) in [4.78, 5) is 2.38. The molecular weight excluding hydrogens is 342 g/mol. The number of piperazine rings is 1. The van der Waals surface area contributed by atoms with Crippen LogP contribution in [0.4, 0.5) is 4.39 Å². The van der Waals surface area contributed by atoms with Gasteiger partial charge in [-0.3, -0.25) is 4.90 Å². The third-order valence-corrected chi connectivity index (χ3v) is 4.57. The Kier molecular flexibility index (Phi) is 8.58. The topological polar surface area (TPSA) is 44.7 Å². The molecule has 2 saturated heterocycles. The minimum Gasteiger partial charge on any atom is -0.508 e. The Morgan fingerprint density at radius 2 is 1.83 bits per heavy atom. The normalized spacial score (nSPS) is 21.1. The van der Waals surface area contributed by atoms with Gasteiger partial charge in [0.2, 0.25) is 0 Å². The molecule has 7 heteroatoms. The van der Waals surface area contributed by atoms with Gasteiger partial charge in [-0.25, -0.2) is 4.39 Å². The Balaban J connectivity index is 0.00000132. The number of aromatic hydroxyl groups is 1. The second kappa shape index (κ2) is 9.64. The minimum atomic E-state index is -0.282. The van der Waals surface area contributed by atoms with Crippen LogP contribution in [0.25, 0.3) is 0 Å². The second-order valence-electron chi connectivity index (χ2n) is 5.88. The first-order valence-electron chi connectivity index (χ1n) is 7.76. The lowest BCUT2D eigenvalue weighted by Gasteiger charge is -2.41. The van der Waals surface area contributed by atoms with Gasteiger partial charge in [0.25, 0.3) is 0 Å². The lowest BCUT2D eigenvalue weighted by molar-refractivity contribution is 0.0205. The number of phenolic OH excluding ortho intramolecular Hbond substituents is 1. The van der Waals surface area contributed by atoms with Crippen LogP contribution in [0.5, 0.6) is 5.75 Å². The number of hydrogen-bond donors (Lipinski definition) is 2. The molecule has 0 bridgehead atoms. The number of hydrogen-bond acceptors (Lipinski definition) is 4. The monoisotopic (exact) mass is 366 g/mol. The van der Waals surface area contributed by atoms with E-state index in [1.807, 2.05) is 0 Å². The Morgan fingerprint density at radius 3 is 2.48 bits per heavy atom. The molecule has 0 unspecified atom stereocenters. The van der Waals surface area contributed by atoms with E-state index in [0.717, 1.165) is 57.8 Å². The maximum Gasteiger partial charge on any atom is 0.123 e. The van der Waals surface area contributed by atoms with Crippen LogP contribution in [-0.2, 0) is 4.74 Å². The SMILES string of the molecule is Cl.Cl.Oc1ccc(F)cc1[C@H](C1CCOCC1)N1CCNCC1. The predicted octanol–water partition coefficient (Wildman–Crippen LogP) is 2.75. The third-order valence-electron chi connectivity index (χ3n) is 4.57. The molecule has 0 amide bonds. The molecule has 2 N–H and O–H groups in total. The summed E-state index contributed by atoms with van der Waals surface area (Å²) < 4.78 is 19.1. The van der Waals surface area contributed by atoms with Crippen LogP contribution in [0.1, 0.15) is 24.4 Å². The van der Waals surface area contributed by atoms with E-state index in [-0.39, 0.29) is 42.4 Å². The van der Waals surface area contributed by atoms with Crippen LogP contribution in [0, 0.1) is 11.7 Å². The first-order chi connectivity index (χ1) is 10.3. The van der Waals surface area contributed by atoms with Gasteiger partial charge in [0, 0.05) is 51.0 Å². The van der Waals surface area contributed by atoms with Crippen molar-refractivity contribution >= 4 is 24.8 Å². The molecule has 2 aliphatic rings. The van der Waals surface area contributed by atoms with Crippen molar-refractivity contribution in [1.29, 1.82) is 0 Å². The largest absolute Gasteiger partial charge is 0.508 e. The lowest BCUT2D eigenvalue weighted by Crippen LogP contribution is -2.47. The molecule has 4 nitrogen and oxygen atoms in total. The van der Waals surface area contributed by atoms with Crippen LogP contribution in [-0.4, -0.2) is 49.4 Å². The smallest absolute Gasteiger partial charge is 0.123 e. The van der Waals surface area contributed by atoms with Crippen molar-refractivity contribution in [3.63, 3.8) is 0 Å². The van der Waals surface area contributed by atoms with E-state index < -0.39 is 0 Å². The molecule has 132 valence electrons. The molecule has 1 atom stereocenters. The average molecular weight is 367 g/mol. The van der Waals surface area contributed by atoms with Gasteiger partial charge in [0.05, 0.1) is 0 Å². The van der Waals surface area contributed by atoms with Crippen LogP contribution >= 0.6 is 24.8 Å². The second-order valence-corrected chi connectivity index (χ2v) is 5.88. The van der Waals surface area contributed by atoms with Crippen molar-refractivity contribution in [2.75, 3.05) is 39.4 Å². The van der Waals surface area contributed by atoms with E-state index in [1.165, 1.54) is 18.2 Å². The van der Waals surface area contributed by atoms with Gasteiger partial charge in [0.1, 0.15) is 11.6 Å². The number of ether oxygens (including phenoxy) is 1. The number of rotatable bonds is 3. The molecule has 2 heterocycles. The van der Waals surface area contributed by atoms with Crippen molar-refractivity contribution < 1.29 is 14.2 Å². The van der Waals surface area contributed by atoms with E-state index in [0.29, 0.717) is 5.92 Å². The summed E-state index contributed by atoms with van der Waals surface area (Å²) in [6.45, 7) is 5.24. The number of benzene rings is 1. The number of nitrogens with zero attached hydrogens (tertiary/aromatic N) is 1. The summed E-state index contributed by atoms with van der Waals surface area (Å²) in [5.41, 5.74) is 0.726. The Hall–Kier alpha value is -0.590. The Bertz CT molecular complexity index is 463. The zero-order valence-corrected chi connectivity index (χ0v) is 14.7. The van der Waals surface area contributed by atoms with Crippen molar-refractivity contribution in [3.05, 3.63) is 29.6 Å². The molecule has 1 aromatic rings. The summed E-state index contributed by atoms with van der Waals surface area (Å²) in [7, 11) is 0. The van der Waals surface area contributed by atoms with Crippen LogP contribution in [0.2, 0.25) is 0 Å². The van der Waals surface area contributed by atoms with Crippen molar-refractivity contribution in [2.45, 2.75) is 18.9 Å². The molecule has 0 saturated carbocycles. The van der Waals surface area contributed by atoms with Gasteiger partial charge in [-0.1, -0.05) is 0 Å². The van der Waals surface area contributed by atoms with Gasteiger partial charge in [-0.05, 0) is 37.0 Å². The molecule has 2 aliphatic heterocycles. The Morgan fingerprint density at radius 1 is 1.17 bits per heavy atom. The fourth-order valence-electron chi connectivity index (χ4n) is 3.50. The first kappa shape index (κ1) is 20.5. The molecule has 23 heavy (non-hydrogen) atoms. The third kappa shape index (κ3) is 4.94. The summed E-state index contributed by atoms with van der Waals surface area (Å²) in [6, 6.07) is 4.36.